The molecule has 0 spiro atoms. The molecule has 1 atom stereocenters. The van der Waals surface area contributed by atoms with Gasteiger partial charge in [0.2, 0.25) is 0 Å². The van der Waals surface area contributed by atoms with Crippen molar-refractivity contribution in [2.24, 2.45) is 5.92 Å². The highest BCUT2D eigenvalue weighted by Crippen LogP contribution is 2.21. The number of rotatable bonds is 7. The maximum Gasteiger partial charge on any atom is 0.00861 e. The third kappa shape index (κ3) is 5.88. The predicted octanol–water partition coefficient (Wildman–Crippen LogP) is 4.61. The minimum absolute atomic E-state index is 0.796. The molecule has 0 aromatic heterocycles. The highest BCUT2D eigenvalue weighted by molar-refractivity contribution is 7.99. The summed E-state index contributed by atoms with van der Waals surface area (Å²) in [6.45, 7) is 2.32. The Hall–Kier alpha value is -0.870. The van der Waals surface area contributed by atoms with Gasteiger partial charge in [-0.15, -0.1) is 24.1 Å². The zero-order valence-electron chi connectivity index (χ0n) is 9.99. The largest absolute Gasteiger partial charge is 0.126 e. The average Bonchev–Trinajstić information content (AvgIpc) is 2.31. The van der Waals surface area contributed by atoms with Crippen molar-refractivity contribution >= 4 is 11.8 Å². The SMILES string of the molecule is C#CCCC[C@@H](C)CCSc1ccccc1. The summed E-state index contributed by atoms with van der Waals surface area (Å²) in [5.74, 6) is 4.71. The van der Waals surface area contributed by atoms with E-state index in [9.17, 15) is 0 Å². The Morgan fingerprint density at radius 3 is 2.69 bits per heavy atom. The van der Waals surface area contributed by atoms with Gasteiger partial charge in [-0.1, -0.05) is 25.1 Å². The first kappa shape index (κ1) is 13.2. The number of hydrogen-bond donors (Lipinski definition) is 0. The molecule has 0 bridgehead atoms. The molecule has 1 aromatic carbocycles. The van der Waals surface area contributed by atoms with Gasteiger partial charge in [0.15, 0.2) is 0 Å². The van der Waals surface area contributed by atoms with E-state index in [1.165, 1.54) is 29.9 Å². The van der Waals surface area contributed by atoms with E-state index in [4.69, 9.17) is 6.42 Å². The number of unbranched alkanes of at least 4 members (excludes halogenated alkanes) is 1. The Morgan fingerprint density at radius 2 is 2.00 bits per heavy atom. The smallest absolute Gasteiger partial charge is 0.00861 e. The Kier molecular flexibility index (Phi) is 6.85. The Bertz CT molecular complexity index is 310. The van der Waals surface area contributed by atoms with Crippen LogP contribution in [0.3, 0.4) is 0 Å². The molecule has 0 amide bonds. The van der Waals surface area contributed by atoms with E-state index in [1.54, 1.807) is 0 Å². The number of hydrogen-bond acceptors (Lipinski definition) is 1. The molecule has 86 valence electrons. The summed E-state index contributed by atoms with van der Waals surface area (Å²) < 4.78 is 0. The summed E-state index contributed by atoms with van der Waals surface area (Å²) in [5.41, 5.74) is 0. The van der Waals surface area contributed by atoms with Crippen molar-refractivity contribution in [2.75, 3.05) is 5.75 Å². The molecule has 0 saturated heterocycles. The van der Waals surface area contributed by atoms with Crippen molar-refractivity contribution in [1.82, 2.24) is 0 Å². The number of terminal acetylenes is 1. The fourth-order valence-corrected chi connectivity index (χ4v) is 2.70. The highest BCUT2D eigenvalue weighted by Gasteiger charge is 2.01. The van der Waals surface area contributed by atoms with Gasteiger partial charge in [-0.2, -0.15) is 0 Å². The van der Waals surface area contributed by atoms with Crippen molar-refractivity contribution in [1.29, 1.82) is 0 Å². The van der Waals surface area contributed by atoms with E-state index < -0.39 is 0 Å². The molecule has 0 saturated carbocycles. The molecule has 0 nitrogen and oxygen atoms in total. The first-order valence-electron chi connectivity index (χ1n) is 5.94. The van der Waals surface area contributed by atoms with Crippen LogP contribution in [-0.2, 0) is 0 Å². The third-order valence-electron chi connectivity index (χ3n) is 2.64. The van der Waals surface area contributed by atoms with E-state index >= 15 is 0 Å². The lowest BCUT2D eigenvalue weighted by Crippen LogP contribution is -1.96. The Balaban J connectivity index is 2.09. The van der Waals surface area contributed by atoms with Crippen LogP contribution in [0.2, 0.25) is 0 Å². The van der Waals surface area contributed by atoms with Crippen LogP contribution >= 0.6 is 11.8 Å². The predicted molar refractivity (Wildman–Crippen MR) is 73.6 cm³/mol. The topological polar surface area (TPSA) is 0 Å². The van der Waals surface area contributed by atoms with Crippen molar-refractivity contribution in [3.05, 3.63) is 30.3 Å². The first-order chi connectivity index (χ1) is 7.83. The Labute approximate surface area is 104 Å². The van der Waals surface area contributed by atoms with Gasteiger partial charge in [-0.25, -0.2) is 0 Å². The maximum atomic E-state index is 5.24. The molecular weight excluding hydrogens is 212 g/mol. The monoisotopic (exact) mass is 232 g/mol. The molecule has 0 unspecified atom stereocenters. The lowest BCUT2D eigenvalue weighted by Gasteiger charge is -2.09. The van der Waals surface area contributed by atoms with Crippen molar-refractivity contribution in [3.63, 3.8) is 0 Å². The molecule has 0 aliphatic rings. The molecule has 0 aliphatic heterocycles. The number of thioether (sulfide) groups is 1. The normalized spacial score (nSPS) is 12.0. The van der Waals surface area contributed by atoms with Crippen LogP contribution < -0.4 is 0 Å². The standard InChI is InChI=1S/C15H20S/c1-3-4-6-9-14(2)12-13-16-15-10-7-5-8-11-15/h1,5,7-8,10-11,14H,4,6,9,12-13H2,2H3/t14-/m1/s1. The van der Waals surface area contributed by atoms with Crippen molar-refractivity contribution < 1.29 is 0 Å². The lowest BCUT2D eigenvalue weighted by atomic mass is 10.0. The average molecular weight is 232 g/mol. The van der Waals surface area contributed by atoms with E-state index in [-0.39, 0.29) is 0 Å². The second kappa shape index (κ2) is 8.30. The molecule has 0 heterocycles. The molecule has 1 heteroatoms. The highest BCUT2D eigenvalue weighted by atomic mass is 32.2. The number of benzene rings is 1. The molecule has 1 aromatic rings. The molecule has 16 heavy (non-hydrogen) atoms. The van der Waals surface area contributed by atoms with Gasteiger partial charge in [0.25, 0.3) is 0 Å². The van der Waals surface area contributed by atoms with E-state index in [2.05, 4.69) is 43.2 Å². The van der Waals surface area contributed by atoms with E-state index in [0.717, 1.165) is 12.3 Å². The van der Waals surface area contributed by atoms with Gasteiger partial charge in [0.1, 0.15) is 0 Å². The fraction of sp³-hybridized carbons (Fsp3) is 0.467. The summed E-state index contributed by atoms with van der Waals surface area (Å²) >= 11 is 1.95. The van der Waals surface area contributed by atoms with Gasteiger partial charge in [-0.05, 0) is 43.1 Å². The lowest BCUT2D eigenvalue weighted by molar-refractivity contribution is 0.504. The van der Waals surface area contributed by atoms with Gasteiger partial charge >= 0.3 is 0 Å². The zero-order valence-corrected chi connectivity index (χ0v) is 10.8. The second-order valence-electron chi connectivity index (χ2n) is 4.15. The van der Waals surface area contributed by atoms with Crippen LogP contribution in [0.5, 0.6) is 0 Å². The summed E-state index contributed by atoms with van der Waals surface area (Å²) in [6, 6.07) is 10.6. The Morgan fingerprint density at radius 1 is 1.25 bits per heavy atom. The van der Waals surface area contributed by atoms with E-state index in [0.29, 0.717) is 0 Å². The fourth-order valence-electron chi connectivity index (χ4n) is 1.59. The summed E-state index contributed by atoms with van der Waals surface area (Å²) in [4.78, 5) is 1.37. The minimum atomic E-state index is 0.796. The van der Waals surface area contributed by atoms with Crippen LogP contribution in [0.1, 0.15) is 32.6 Å². The van der Waals surface area contributed by atoms with Crippen LogP contribution in [0.25, 0.3) is 0 Å². The molecule has 0 radical (unpaired) electrons. The van der Waals surface area contributed by atoms with Gasteiger partial charge in [0.05, 0.1) is 0 Å². The summed E-state index contributed by atoms with van der Waals surface area (Å²) in [5, 5.41) is 0. The summed E-state index contributed by atoms with van der Waals surface area (Å²) in [7, 11) is 0. The molecule has 1 rings (SSSR count). The first-order valence-corrected chi connectivity index (χ1v) is 6.93. The quantitative estimate of drug-likeness (QED) is 0.376. The van der Waals surface area contributed by atoms with Gasteiger partial charge in [0, 0.05) is 11.3 Å². The van der Waals surface area contributed by atoms with E-state index in [1.807, 2.05) is 11.8 Å². The van der Waals surface area contributed by atoms with Crippen molar-refractivity contribution in [2.45, 2.75) is 37.5 Å². The van der Waals surface area contributed by atoms with Crippen LogP contribution in [-0.4, -0.2) is 5.75 Å². The second-order valence-corrected chi connectivity index (χ2v) is 5.32. The van der Waals surface area contributed by atoms with Crippen LogP contribution in [0.15, 0.2) is 35.2 Å². The maximum absolute atomic E-state index is 5.24. The molecular formula is C15H20S. The third-order valence-corrected chi connectivity index (χ3v) is 3.69. The molecule has 0 aliphatic carbocycles. The molecule has 0 fully saturated rings. The van der Waals surface area contributed by atoms with Crippen LogP contribution in [0.4, 0.5) is 0 Å². The minimum Gasteiger partial charge on any atom is -0.126 e. The van der Waals surface area contributed by atoms with Crippen molar-refractivity contribution in [3.8, 4) is 12.3 Å². The van der Waals surface area contributed by atoms with Gasteiger partial charge in [-0.3, -0.25) is 0 Å². The molecule has 0 N–H and O–H groups in total. The van der Waals surface area contributed by atoms with Crippen LogP contribution in [0, 0.1) is 18.3 Å². The van der Waals surface area contributed by atoms with Gasteiger partial charge < -0.3 is 0 Å². The zero-order chi connectivity index (χ0) is 11.6. The summed E-state index contributed by atoms with van der Waals surface area (Å²) in [6.07, 6.45) is 9.88.